The maximum atomic E-state index is 14.4. The number of likely N-dealkylation sites (N-methyl/N-ethyl adjacent to an activating group) is 1. The molecule has 106 heavy (non-hydrogen) atoms. The Balaban J connectivity index is 0.903. The van der Waals surface area contributed by atoms with Gasteiger partial charge in [-0.3, -0.25) is 62.6 Å². The molecule has 9 unspecified atom stereocenters. The minimum atomic E-state index is -1.77. The number of nitrogens with one attached hydrogen (secondary N) is 6. The van der Waals surface area contributed by atoms with E-state index in [-0.39, 0.29) is 93.5 Å². The number of guanidine groups is 1. The number of benzene rings is 2. The first-order chi connectivity index (χ1) is 50.6. The number of aliphatic hydroxyl groups excluding tert-OH is 1. The number of methoxy groups -OCH3 is 2. The van der Waals surface area contributed by atoms with E-state index >= 15 is 0 Å². The first-order valence-corrected chi connectivity index (χ1v) is 36.6. The number of aliphatic hydroxyl groups is 1. The number of aliphatic imine (C=N–C) groups is 1. The van der Waals surface area contributed by atoms with Crippen molar-refractivity contribution in [1.82, 2.24) is 36.8 Å². The number of likely N-dealkylation sites (tertiary alicyclic amines) is 1. The fourth-order valence-electron chi connectivity index (χ4n) is 13.6. The molecule has 6 aliphatic rings. The standard InChI is InChI=1S/C69H101N13O23S/c1-9-31(3)53(64(92)75-6)80-62(90)39(14-11-12-19-70)79-65(93)54(32(4)10-2)81-63(91)41(16-17-48(72)83)78-61(89)40(15-13-20-76-69(73)74)77-60(88)38(71)29-106-47-26-49(84)82(66(47)94)21-18-50(85)104-59-56(87)68(103-46-28-98-33(5)102-58(46)59)105-57-36-25-43-42(100-30-101-43)24-35(36)51(52-37(57)27-99-67(52)95)34-22-44(96-7)55(86)45(23-34)97-8/h22-25,31-33,37-41,46-47,51-54,56-59,68,86-87H,9-21,26-30,70-71H2,1-8H3,(H2,72,83)(H,75,92)(H,77,88)(H,78,89)(H,79,93)(H,80,90)(H,81,91)(H4,73,74,76)/t31?,32?,33?,37-,38-,39-,40-,41-,46?,47?,51+,52-,53-,54-,56?,57+,58?,59?,68?/m0/s1. The highest BCUT2D eigenvalue weighted by Gasteiger charge is 2.57. The summed E-state index contributed by atoms with van der Waals surface area (Å²) >= 11 is 0.867. The molecule has 8 rings (SSSR count). The second-order valence-electron chi connectivity index (χ2n) is 27.0. The first kappa shape index (κ1) is 82.8. The monoisotopic (exact) mass is 1510 g/mol. The van der Waals surface area contributed by atoms with Crippen LogP contribution in [0.25, 0.3) is 0 Å². The van der Waals surface area contributed by atoms with Crippen LogP contribution >= 0.6 is 11.8 Å². The van der Waals surface area contributed by atoms with Gasteiger partial charge in [-0.15, -0.1) is 11.8 Å². The molecule has 5 aliphatic heterocycles. The molecular formula is C69H101N13O23S. The molecule has 2 aromatic carbocycles. The average molecular weight is 1510 g/mol. The number of carbonyl (C=O) groups is 11. The molecule has 1 aliphatic carbocycles. The van der Waals surface area contributed by atoms with Crippen molar-refractivity contribution >= 4 is 82.8 Å². The lowest BCUT2D eigenvalue weighted by molar-refractivity contribution is -0.365. The lowest BCUT2D eigenvalue weighted by Crippen LogP contribution is -2.64. The zero-order chi connectivity index (χ0) is 77.4. The summed E-state index contributed by atoms with van der Waals surface area (Å²) in [6, 6.07) is -1.21. The Morgan fingerprint density at radius 1 is 0.745 bits per heavy atom. The van der Waals surface area contributed by atoms with Gasteiger partial charge in [-0.05, 0) is 105 Å². The molecule has 586 valence electrons. The van der Waals surface area contributed by atoms with E-state index in [1.807, 2.05) is 6.92 Å². The van der Waals surface area contributed by atoms with Crippen LogP contribution in [0.2, 0.25) is 0 Å². The highest BCUT2D eigenvalue weighted by atomic mass is 32.2. The number of primary amides is 1. The number of fused-ring (bicyclic) bond motifs is 4. The third kappa shape index (κ3) is 20.2. The smallest absolute Gasteiger partial charge is 0.310 e. The molecule has 9 amide bonds. The van der Waals surface area contributed by atoms with Gasteiger partial charge in [0.05, 0.1) is 57.2 Å². The van der Waals surface area contributed by atoms with E-state index in [0.29, 0.717) is 60.4 Å². The lowest BCUT2D eigenvalue weighted by Gasteiger charge is -2.48. The van der Waals surface area contributed by atoms with Gasteiger partial charge in [-0.2, -0.15) is 0 Å². The van der Waals surface area contributed by atoms with Gasteiger partial charge in [-0.25, -0.2) is 0 Å². The van der Waals surface area contributed by atoms with Crippen LogP contribution in [0, 0.1) is 23.7 Å². The summed E-state index contributed by atoms with van der Waals surface area (Å²) in [5, 5.41) is 37.9. The number of cyclic esters (lactones) is 1. The third-order valence-corrected chi connectivity index (χ3v) is 21.2. The molecule has 4 fully saturated rings. The normalized spacial score (nSPS) is 25.0. The largest absolute Gasteiger partial charge is 0.502 e. The topological polar surface area (TPSA) is 538 Å². The molecule has 0 saturated carbocycles. The van der Waals surface area contributed by atoms with Gasteiger partial charge in [0.1, 0.15) is 48.5 Å². The summed E-state index contributed by atoms with van der Waals surface area (Å²) in [6.45, 7) is 8.20. The number of unbranched alkanes of at least 4 members (excludes halogenated alkanes) is 1. The fourth-order valence-corrected chi connectivity index (χ4v) is 14.7. The number of ether oxygens (including phenoxy) is 10. The van der Waals surface area contributed by atoms with Gasteiger partial charge in [-0.1, -0.05) is 40.5 Å². The number of nitrogens with zero attached hydrogens (tertiary/aromatic N) is 2. The molecule has 18 N–H and O–H groups in total. The van der Waals surface area contributed by atoms with Crippen molar-refractivity contribution in [3.05, 3.63) is 41.0 Å². The van der Waals surface area contributed by atoms with Crippen LogP contribution in [0.4, 0.5) is 0 Å². The molecule has 5 heterocycles. The summed E-state index contributed by atoms with van der Waals surface area (Å²) in [7, 11) is 4.18. The maximum absolute atomic E-state index is 14.4. The molecule has 2 aromatic rings. The Morgan fingerprint density at radius 2 is 1.34 bits per heavy atom. The van der Waals surface area contributed by atoms with Gasteiger partial charge in [0.2, 0.25) is 65.7 Å². The van der Waals surface area contributed by atoms with Crippen LogP contribution in [0.1, 0.15) is 134 Å². The van der Waals surface area contributed by atoms with Gasteiger partial charge >= 0.3 is 11.9 Å². The Morgan fingerprint density at radius 3 is 1.94 bits per heavy atom. The Kier molecular flexibility index (Phi) is 29.8. The summed E-state index contributed by atoms with van der Waals surface area (Å²) in [5.41, 5.74) is 30.3. The summed E-state index contributed by atoms with van der Waals surface area (Å²) in [5.74, 6) is -11.5. The number of rotatable bonds is 38. The number of esters is 2. The van der Waals surface area contributed by atoms with Crippen molar-refractivity contribution in [2.75, 3.05) is 66.7 Å². The molecule has 0 spiro atoms. The summed E-state index contributed by atoms with van der Waals surface area (Å²) < 4.78 is 59.2. The molecule has 4 saturated heterocycles. The molecule has 0 aromatic heterocycles. The van der Waals surface area contributed by atoms with Crippen LogP contribution in [-0.4, -0.2) is 231 Å². The third-order valence-electron chi connectivity index (χ3n) is 19.8. The SMILES string of the molecule is CCC(C)[C@H](NC(=O)[C@H](CCCCN)NC(=O)[C@@H](NC(=O)[C@H](CCC(N)=O)NC(=O)[C@H](CCCN=C(N)N)NC(=O)[C@@H](N)CSC1CC(=O)N(CCC(=O)OC2C(O)C(O[C@@H]3c4cc5c(cc4[C@@H](c4cc(OC)c(O)c(OC)c4)[C@H]4C(=O)OC[C@@H]43)OCO5)OC3COC(C)OC32)C1=O)C(C)CC)C(=O)NC. The number of nitrogens with two attached hydrogens (primary N) is 5. The van der Waals surface area contributed by atoms with Crippen LogP contribution in [0.3, 0.4) is 0 Å². The van der Waals surface area contributed by atoms with Crippen LogP contribution in [0.15, 0.2) is 29.3 Å². The Bertz CT molecular complexity index is 3530. The van der Waals surface area contributed by atoms with Gasteiger partial charge in [0.25, 0.3) is 0 Å². The number of imide groups is 1. The predicted molar refractivity (Wildman–Crippen MR) is 376 cm³/mol. The second-order valence-corrected chi connectivity index (χ2v) is 28.2. The fraction of sp³-hybridized carbons (Fsp3) is 0.652. The van der Waals surface area contributed by atoms with E-state index in [1.54, 1.807) is 52.0 Å². The van der Waals surface area contributed by atoms with Crippen LogP contribution < -0.4 is 79.5 Å². The van der Waals surface area contributed by atoms with Gasteiger partial charge in [0.15, 0.2) is 47.6 Å². The Hall–Kier alpha value is -8.85. The summed E-state index contributed by atoms with van der Waals surface area (Å²) in [6.07, 6.45) is -8.63. The molecule has 19 atom stereocenters. The van der Waals surface area contributed by atoms with E-state index in [0.717, 1.165) is 16.7 Å². The van der Waals surface area contributed by atoms with E-state index in [4.69, 9.17) is 76.0 Å². The van der Waals surface area contributed by atoms with Crippen molar-refractivity contribution in [2.24, 2.45) is 57.3 Å². The lowest BCUT2D eigenvalue weighted by atomic mass is 9.66. The highest BCUT2D eigenvalue weighted by Crippen LogP contribution is 2.57. The number of thioether (sulfide) groups is 1. The van der Waals surface area contributed by atoms with Crippen molar-refractivity contribution in [3.63, 3.8) is 0 Å². The minimum Gasteiger partial charge on any atom is -0.502 e. The molecule has 36 nitrogen and oxygen atoms in total. The maximum Gasteiger partial charge on any atom is 0.310 e. The summed E-state index contributed by atoms with van der Waals surface area (Å²) in [4.78, 5) is 156. The number of phenolic OH excluding ortho intramolecular Hbond substituents is 1. The van der Waals surface area contributed by atoms with E-state index in [2.05, 4.69) is 36.9 Å². The molecule has 37 heteroatoms. The number of hydrogen-bond acceptors (Lipinski definition) is 27. The zero-order valence-corrected chi connectivity index (χ0v) is 61.5. The van der Waals surface area contributed by atoms with Crippen molar-refractivity contribution in [2.45, 2.75) is 196 Å². The number of phenols is 1. The van der Waals surface area contributed by atoms with Gasteiger partial charge in [0, 0.05) is 50.6 Å². The number of carbonyl (C=O) groups excluding carboxylic acids is 11. The van der Waals surface area contributed by atoms with Crippen molar-refractivity contribution in [3.8, 4) is 28.7 Å². The first-order valence-electron chi connectivity index (χ1n) is 35.6. The second kappa shape index (κ2) is 38.1. The molecule has 0 bridgehead atoms. The predicted octanol–water partition coefficient (Wildman–Crippen LogP) is -1.82. The van der Waals surface area contributed by atoms with E-state index in [9.17, 15) is 63.0 Å². The van der Waals surface area contributed by atoms with Crippen LogP contribution in [0.5, 0.6) is 28.7 Å². The van der Waals surface area contributed by atoms with E-state index in [1.165, 1.54) is 21.3 Å². The zero-order valence-electron chi connectivity index (χ0n) is 60.7. The number of hydrogen-bond donors (Lipinski definition) is 13. The minimum absolute atomic E-state index is 0.00713. The van der Waals surface area contributed by atoms with Crippen molar-refractivity contribution in [1.29, 1.82) is 0 Å². The molecule has 0 radical (unpaired) electrons. The number of amides is 9. The van der Waals surface area contributed by atoms with Crippen LogP contribution in [-0.2, 0) is 81.2 Å². The average Bonchev–Trinajstić information content (AvgIpc) is 1.42. The van der Waals surface area contributed by atoms with E-state index < -0.39 is 193 Å². The number of aromatic hydroxyl groups is 1. The molecular weight excluding hydrogens is 1410 g/mol. The van der Waals surface area contributed by atoms with Crippen molar-refractivity contribution < 1.29 is 110 Å². The quantitative estimate of drug-likeness (QED) is 0.0116. The highest BCUT2D eigenvalue weighted by molar-refractivity contribution is 8.00. The Labute approximate surface area is 617 Å². The van der Waals surface area contributed by atoms with Gasteiger partial charge < -0.3 is 118 Å².